The van der Waals surface area contributed by atoms with Crippen LogP contribution in [0.2, 0.25) is 0 Å². The summed E-state index contributed by atoms with van der Waals surface area (Å²) in [6, 6.07) is 8.39. The van der Waals surface area contributed by atoms with Gasteiger partial charge in [0.15, 0.2) is 0 Å². The average molecular weight is 418 g/mol. The highest BCUT2D eigenvalue weighted by molar-refractivity contribution is 7.89. The van der Waals surface area contributed by atoms with Crippen LogP contribution in [0.15, 0.2) is 51.3 Å². The standard InChI is InChI=1S/C19H19N3O4S2/c1-12-4-7-15(28(24,25)22-13-5-6-13)9-16(12)18(23)20-10-14-11-26-19(21-14)17-3-2-8-27-17/h2-4,7-9,11,13,22H,5-6,10H2,1H3,(H,20,23). The Morgan fingerprint density at radius 1 is 1.32 bits per heavy atom. The zero-order valence-electron chi connectivity index (χ0n) is 15.1. The van der Waals surface area contributed by atoms with Gasteiger partial charge in [0, 0.05) is 11.6 Å². The summed E-state index contributed by atoms with van der Waals surface area (Å²) in [5.41, 5.74) is 1.61. The zero-order chi connectivity index (χ0) is 19.7. The minimum Gasteiger partial charge on any atom is -0.443 e. The number of aromatic nitrogens is 1. The smallest absolute Gasteiger partial charge is 0.251 e. The van der Waals surface area contributed by atoms with Crippen LogP contribution in [0.1, 0.15) is 34.5 Å². The molecule has 2 N–H and O–H groups in total. The van der Waals surface area contributed by atoms with Crippen LogP contribution in [-0.4, -0.2) is 25.4 Å². The topological polar surface area (TPSA) is 101 Å². The molecule has 0 aliphatic heterocycles. The van der Waals surface area contributed by atoms with Gasteiger partial charge in [-0.15, -0.1) is 11.3 Å². The SMILES string of the molecule is Cc1ccc(S(=O)(=O)NC2CC2)cc1C(=O)NCc1coc(-c2cccs2)n1. The van der Waals surface area contributed by atoms with Gasteiger partial charge in [-0.05, 0) is 48.9 Å². The largest absolute Gasteiger partial charge is 0.443 e. The van der Waals surface area contributed by atoms with Gasteiger partial charge in [-0.25, -0.2) is 18.1 Å². The van der Waals surface area contributed by atoms with E-state index in [2.05, 4.69) is 15.0 Å². The molecule has 0 unspecified atom stereocenters. The molecule has 7 nitrogen and oxygen atoms in total. The molecule has 9 heteroatoms. The molecule has 4 rings (SSSR count). The molecule has 1 aromatic carbocycles. The van der Waals surface area contributed by atoms with Crippen LogP contribution in [0.4, 0.5) is 0 Å². The second-order valence-electron chi connectivity index (χ2n) is 6.68. The second-order valence-corrected chi connectivity index (χ2v) is 9.34. The van der Waals surface area contributed by atoms with E-state index in [1.807, 2.05) is 17.5 Å². The fourth-order valence-electron chi connectivity index (χ4n) is 2.67. The van der Waals surface area contributed by atoms with Crippen LogP contribution in [0, 0.1) is 6.92 Å². The number of sulfonamides is 1. The molecule has 1 fully saturated rings. The van der Waals surface area contributed by atoms with Crippen LogP contribution in [0.25, 0.3) is 10.8 Å². The van der Waals surface area contributed by atoms with E-state index < -0.39 is 10.0 Å². The summed E-state index contributed by atoms with van der Waals surface area (Å²) in [6.45, 7) is 1.95. The lowest BCUT2D eigenvalue weighted by Gasteiger charge is -2.10. The van der Waals surface area contributed by atoms with Crippen molar-refractivity contribution >= 4 is 27.3 Å². The van der Waals surface area contributed by atoms with Gasteiger partial charge < -0.3 is 9.73 Å². The van der Waals surface area contributed by atoms with Crippen molar-refractivity contribution in [3.63, 3.8) is 0 Å². The predicted octanol–water partition coefficient (Wildman–Crippen LogP) is 3.08. The normalized spacial score (nSPS) is 14.2. The Balaban J connectivity index is 1.46. The Labute approximate surface area is 166 Å². The van der Waals surface area contributed by atoms with Crippen molar-refractivity contribution in [3.05, 3.63) is 58.8 Å². The monoisotopic (exact) mass is 417 g/mol. The first-order valence-corrected chi connectivity index (χ1v) is 11.2. The first kappa shape index (κ1) is 18.9. The molecule has 0 atom stereocenters. The molecule has 28 heavy (non-hydrogen) atoms. The quantitative estimate of drug-likeness (QED) is 0.615. The number of amides is 1. The van der Waals surface area contributed by atoms with Gasteiger partial charge in [0.25, 0.3) is 5.91 Å². The summed E-state index contributed by atoms with van der Waals surface area (Å²) in [7, 11) is -3.61. The molecule has 146 valence electrons. The molecule has 3 aromatic rings. The number of hydrogen-bond acceptors (Lipinski definition) is 6. The fourth-order valence-corrected chi connectivity index (χ4v) is 4.66. The Kier molecular flexibility index (Phi) is 5.05. The number of carbonyl (C=O) groups is 1. The van der Waals surface area contributed by atoms with Crippen molar-refractivity contribution in [1.29, 1.82) is 0 Å². The minimum atomic E-state index is -3.61. The average Bonchev–Trinajstić information content (AvgIpc) is 3.14. The van der Waals surface area contributed by atoms with Crippen molar-refractivity contribution < 1.29 is 17.6 Å². The van der Waals surface area contributed by atoms with E-state index in [0.717, 1.165) is 17.7 Å². The highest BCUT2D eigenvalue weighted by atomic mass is 32.2. The Morgan fingerprint density at radius 2 is 2.14 bits per heavy atom. The molecular weight excluding hydrogens is 398 g/mol. The lowest BCUT2D eigenvalue weighted by Crippen LogP contribution is -2.27. The lowest BCUT2D eigenvalue weighted by atomic mass is 10.1. The van der Waals surface area contributed by atoms with E-state index in [1.54, 1.807) is 13.0 Å². The van der Waals surface area contributed by atoms with Gasteiger partial charge in [-0.3, -0.25) is 4.79 Å². The van der Waals surface area contributed by atoms with Crippen LogP contribution >= 0.6 is 11.3 Å². The molecule has 1 amide bonds. The number of oxazole rings is 1. The maximum absolute atomic E-state index is 12.6. The third-order valence-electron chi connectivity index (χ3n) is 4.38. The Morgan fingerprint density at radius 3 is 2.86 bits per heavy atom. The van der Waals surface area contributed by atoms with E-state index in [0.29, 0.717) is 22.7 Å². The molecule has 0 bridgehead atoms. The van der Waals surface area contributed by atoms with E-state index in [4.69, 9.17) is 4.42 Å². The van der Waals surface area contributed by atoms with Crippen LogP contribution in [0.5, 0.6) is 0 Å². The number of hydrogen-bond donors (Lipinski definition) is 2. The fraction of sp³-hybridized carbons (Fsp3) is 0.263. The molecule has 1 saturated carbocycles. The van der Waals surface area contributed by atoms with Gasteiger partial charge in [-0.2, -0.15) is 0 Å². The predicted molar refractivity (Wildman–Crippen MR) is 106 cm³/mol. The summed E-state index contributed by atoms with van der Waals surface area (Å²) < 4.78 is 32.9. The number of rotatable bonds is 7. The third kappa shape index (κ3) is 4.16. The second kappa shape index (κ2) is 7.50. The first-order valence-electron chi connectivity index (χ1n) is 8.82. The summed E-state index contributed by atoms with van der Waals surface area (Å²) in [5, 5.41) is 4.71. The van der Waals surface area contributed by atoms with Crippen molar-refractivity contribution in [2.45, 2.75) is 37.2 Å². The van der Waals surface area contributed by atoms with Gasteiger partial charge in [0.2, 0.25) is 15.9 Å². The highest BCUT2D eigenvalue weighted by Crippen LogP contribution is 2.24. The number of nitrogens with one attached hydrogen (secondary N) is 2. The number of carbonyl (C=O) groups excluding carboxylic acids is 1. The number of nitrogens with zero attached hydrogens (tertiary/aromatic N) is 1. The van der Waals surface area contributed by atoms with E-state index in [9.17, 15) is 13.2 Å². The summed E-state index contributed by atoms with van der Waals surface area (Å²) in [6.07, 6.45) is 3.20. The summed E-state index contributed by atoms with van der Waals surface area (Å²) in [5.74, 6) is 0.149. The number of benzene rings is 1. The van der Waals surface area contributed by atoms with Gasteiger partial charge in [0.05, 0.1) is 22.0 Å². The Hall–Kier alpha value is -2.49. The third-order valence-corrected chi connectivity index (χ3v) is 6.75. The van der Waals surface area contributed by atoms with E-state index in [-0.39, 0.29) is 23.4 Å². The molecule has 0 radical (unpaired) electrons. The molecule has 1 aliphatic carbocycles. The lowest BCUT2D eigenvalue weighted by molar-refractivity contribution is 0.0949. The minimum absolute atomic E-state index is 0.00767. The van der Waals surface area contributed by atoms with E-state index in [1.165, 1.54) is 29.7 Å². The maximum atomic E-state index is 12.6. The first-order chi connectivity index (χ1) is 13.4. The zero-order valence-corrected chi connectivity index (χ0v) is 16.8. The van der Waals surface area contributed by atoms with Gasteiger partial charge >= 0.3 is 0 Å². The van der Waals surface area contributed by atoms with Crippen LogP contribution in [-0.2, 0) is 16.6 Å². The molecule has 0 saturated heterocycles. The number of aryl methyl sites for hydroxylation is 1. The summed E-state index contributed by atoms with van der Waals surface area (Å²) >= 11 is 1.52. The van der Waals surface area contributed by atoms with Crippen LogP contribution < -0.4 is 10.0 Å². The molecular formula is C19H19N3O4S2. The van der Waals surface area contributed by atoms with Crippen molar-refractivity contribution in [2.75, 3.05) is 0 Å². The Bertz CT molecular complexity index is 1100. The van der Waals surface area contributed by atoms with Crippen molar-refractivity contribution in [3.8, 4) is 10.8 Å². The maximum Gasteiger partial charge on any atom is 0.251 e. The van der Waals surface area contributed by atoms with Crippen molar-refractivity contribution in [2.24, 2.45) is 0 Å². The number of thiophene rings is 1. The molecule has 2 heterocycles. The molecule has 0 spiro atoms. The summed E-state index contributed by atoms with van der Waals surface area (Å²) in [4.78, 5) is 18.0. The van der Waals surface area contributed by atoms with Crippen LogP contribution in [0.3, 0.4) is 0 Å². The van der Waals surface area contributed by atoms with E-state index >= 15 is 0 Å². The van der Waals surface area contributed by atoms with Gasteiger partial charge in [0.1, 0.15) is 6.26 Å². The highest BCUT2D eigenvalue weighted by Gasteiger charge is 2.28. The molecule has 1 aliphatic rings. The molecule has 2 aromatic heterocycles. The van der Waals surface area contributed by atoms with Gasteiger partial charge in [-0.1, -0.05) is 12.1 Å². The van der Waals surface area contributed by atoms with Crippen molar-refractivity contribution in [1.82, 2.24) is 15.0 Å².